The van der Waals surface area contributed by atoms with Gasteiger partial charge in [0.2, 0.25) is 6.10 Å². The highest BCUT2D eigenvalue weighted by Crippen LogP contribution is 2.04. The summed E-state index contributed by atoms with van der Waals surface area (Å²) < 4.78 is 8.95. The van der Waals surface area contributed by atoms with E-state index in [-0.39, 0.29) is 0 Å². The molecule has 0 aliphatic carbocycles. The van der Waals surface area contributed by atoms with Crippen LogP contribution in [0.5, 0.6) is 0 Å². The van der Waals surface area contributed by atoms with Crippen LogP contribution in [0, 0.1) is 11.3 Å². The molecule has 0 aromatic heterocycles. The molecule has 1 unspecified atom stereocenters. The van der Waals surface area contributed by atoms with E-state index in [1.807, 2.05) is 36.4 Å². The first kappa shape index (κ1) is 11.8. The third-order valence-electron chi connectivity index (χ3n) is 1.78. The minimum absolute atomic E-state index is 0.871. The lowest BCUT2D eigenvalue weighted by atomic mass is 10.2. The summed E-state index contributed by atoms with van der Waals surface area (Å²) in [7, 11) is 1.19. The Morgan fingerprint density at radius 1 is 1.44 bits per heavy atom. The van der Waals surface area contributed by atoms with Crippen molar-refractivity contribution in [1.82, 2.24) is 0 Å². The molecule has 0 saturated heterocycles. The van der Waals surface area contributed by atoms with Crippen LogP contribution < -0.4 is 0 Å². The topological polar surface area (TPSA) is 59.3 Å². The van der Waals surface area contributed by atoms with E-state index >= 15 is 0 Å². The van der Waals surface area contributed by atoms with Crippen LogP contribution >= 0.6 is 0 Å². The first-order valence-electron chi connectivity index (χ1n) is 4.63. The Kier molecular flexibility index (Phi) is 4.61. The van der Waals surface area contributed by atoms with Gasteiger partial charge in [0.05, 0.1) is 7.11 Å². The van der Waals surface area contributed by atoms with Crippen molar-refractivity contribution < 1.29 is 14.3 Å². The zero-order valence-electron chi connectivity index (χ0n) is 8.79. The highest BCUT2D eigenvalue weighted by Gasteiger charge is 2.09. The van der Waals surface area contributed by atoms with Gasteiger partial charge in [-0.1, -0.05) is 36.4 Å². The van der Waals surface area contributed by atoms with Gasteiger partial charge in [0.1, 0.15) is 6.07 Å². The zero-order valence-corrected chi connectivity index (χ0v) is 8.79. The van der Waals surface area contributed by atoms with Gasteiger partial charge in [-0.2, -0.15) is 5.26 Å². The molecule has 0 amide bonds. The van der Waals surface area contributed by atoms with Crippen molar-refractivity contribution in [3.63, 3.8) is 0 Å². The largest absolute Gasteiger partial charge is 0.509 e. The molecule has 1 aromatic rings. The summed E-state index contributed by atoms with van der Waals surface area (Å²) in [6.07, 6.45) is 1.39. The average Bonchev–Trinajstić information content (AvgIpc) is 2.35. The summed E-state index contributed by atoms with van der Waals surface area (Å²) in [5.41, 5.74) is 0.927. The van der Waals surface area contributed by atoms with Crippen LogP contribution in [0.2, 0.25) is 0 Å². The van der Waals surface area contributed by atoms with Crippen LogP contribution in [-0.2, 0) is 9.47 Å². The second-order valence-corrected chi connectivity index (χ2v) is 2.89. The van der Waals surface area contributed by atoms with E-state index in [4.69, 9.17) is 5.26 Å². The summed E-state index contributed by atoms with van der Waals surface area (Å²) in [4.78, 5) is 10.8. The van der Waals surface area contributed by atoms with Gasteiger partial charge in [-0.05, 0) is 11.6 Å². The third-order valence-corrected chi connectivity index (χ3v) is 1.78. The van der Waals surface area contributed by atoms with Gasteiger partial charge in [0, 0.05) is 0 Å². The second-order valence-electron chi connectivity index (χ2n) is 2.89. The van der Waals surface area contributed by atoms with Gasteiger partial charge in [-0.3, -0.25) is 0 Å². The van der Waals surface area contributed by atoms with E-state index in [2.05, 4.69) is 9.47 Å². The Morgan fingerprint density at radius 3 is 2.69 bits per heavy atom. The molecule has 0 aliphatic rings. The molecule has 0 fully saturated rings. The first-order chi connectivity index (χ1) is 7.76. The molecule has 1 atom stereocenters. The normalized spacial score (nSPS) is 11.8. The molecule has 0 heterocycles. The van der Waals surface area contributed by atoms with Crippen LogP contribution in [0.15, 0.2) is 36.4 Å². The Morgan fingerprint density at radius 2 is 2.12 bits per heavy atom. The number of nitrogens with zero attached hydrogens (tertiary/aromatic N) is 1. The second kappa shape index (κ2) is 6.25. The average molecular weight is 217 g/mol. The minimum Gasteiger partial charge on any atom is -0.438 e. The zero-order chi connectivity index (χ0) is 11.8. The number of nitriles is 1. The molecule has 0 N–H and O–H groups in total. The van der Waals surface area contributed by atoms with Gasteiger partial charge < -0.3 is 9.47 Å². The van der Waals surface area contributed by atoms with Crippen LogP contribution in [0.3, 0.4) is 0 Å². The number of carbonyl (C=O) groups excluding carboxylic acids is 1. The Bertz CT molecular complexity index is 406. The predicted octanol–water partition coefficient (Wildman–Crippen LogP) is 2.37. The fourth-order valence-corrected chi connectivity index (χ4v) is 1.02. The van der Waals surface area contributed by atoms with Crippen LogP contribution in [-0.4, -0.2) is 19.4 Å². The van der Waals surface area contributed by atoms with Gasteiger partial charge in [0.15, 0.2) is 0 Å². The van der Waals surface area contributed by atoms with Crippen molar-refractivity contribution in [3.8, 4) is 6.07 Å². The lowest BCUT2D eigenvalue weighted by molar-refractivity contribution is 0.0669. The maximum atomic E-state index is 10.8. The summed E-state index contributed by atoms with van der Waals surface area (Å²) >= 11 is 0. The SMILES string of the molecule is COC(=O)OC(C#N)/C=C/c1ccccc1. The molecular formula is C12H11NO3. The standard InChI is InChI=1S/C12H11NO3/c1-15-12(14)16-11(9-13)8-7-10-5-3-2-4-6-10/h2-8,11H,1H3/b8-7+. The fourth-order valence-electron chi connectivity index (χ4n) is 1.02. The highest BCUT2D eigenvalue weighted by molar-refractivity contribution is 5.61. The number of carbonyl (C=O) groups is 1. The number of hydrogen-bond acceptors (Lipinski definition) is 4. The van der Waals surface area contributed by atoms with Gasteiger partial charge in [-0.25, -0.2) is 4.79 Å². The van der Waals surface area contributed by atoms with Gasteiger partial charge in [-0.15, -0.1) is 0 Å². The molecule has 0 radical (unpaired) electrons. The van der Waals surface area contributed by atoms with Gasteiger partial charge >= 0.3 is 6.16 Å². The molecule has 1 aromatic carbocycles. The van der Waals surface area contributed by atoms with Gasteiger partial charge in [0.25, 0.3) is 0 Å². The molecule has 4 heteroatoms. The molecule has 82 valence electrons. The van der Waals surface area contributed by atoms with E-state index in [0.717, 1.165) is 5.56 Å². The van der Waals surface area contributed by atoms with Crippen molar-refractivity contribution >= 4 is 12.2 Å². The smallest absolute Gasteiger partial charge is 0.438 e. The van der Waals surface area contributed by atoms with E-state index in [9.17, 15) is 4.79 Å². The minimum atomic E-state index is -0.937. The first-order valence-corrected chi connectivity index (χ1v) is 4.63. The van der Waals surface area contributed by atoms with Crippen molar-refractivity contribution in [3.05, 3.63) is 42.0 Å². The van der Waals surface area contributed by atoms with Crippen molar-refractivity contribution in [2.45, 2.75) is 6.10 Å². The van der Waals surface area contributed by atoms with E-state index in [0.29, 0.717) is 0 Å². The number of methoxy groups -OCH3 is 1. The van der Waals surface area contributed by atoms with Crippen molar-refractivity contribution in [1.29, 1.82) is 5.26 Å². The van der Waals surface area contributed by atoms with Crippen LogP contribution in [0.25, 0.3) is 6.08 Å². The van der Waals surface area contributed by atoms with Crippen LogP contribution in [0.1, 0.15) is 5.56 Å². The maximum absolute atomic E-state index is 10.8. The Labute approximate surface area is 93.7 Å². The molecule has 0 spiro atoms. The third kappa shape index (κ3) is 3.84. The number of rotatable bonds is 3. The summed E-state index contributed by atoms with van der Waals surface area (Å²) in [5.74, 6) is 0. The summed E-state index contributed by atoms with van der Waals surface area (Å²) in [6.45, 7) is 0. The monoisotopic (exact) mass is 217 g/mol. The predicted molar refractivity (Wildman–Crippen MR) is 58.4 cm³/mol. The highest BCUT2D eigenvalue weighted by atomic mass is 16.7. The molecule has 4 nitrogen and oxygen atoms in total. The van der Waals surface area contributed by atoms with E-state index in [1.165, 1.54) is 13.2 Å². The maximum Gasteiger partial charge on any atom is 0.509 e. The quantitative estimate of drug-likeness (QED) is 0.729. The lowest BCUT2D eigenvalue weighted by Gasteiger charge is -2.04. The molecule has 0 aliphatic heterocycles. The molecule has 1 rings (SSSR count). The molecule has 0 bridgehead atoms. The molecular weight excluding hydrogens is 206 g/mol. The summed E-state index contributed by atoms with van der Waals surface area (Å²) in [5, 5.41) is 8.71. The van der Waals surface area contributed by atoms with Crippen molar-refractivity contribution in [2.24, 2.45) is 0 Å². The number of benzene rings is 1. The van der Waals surface area contributed by atoms with Crippen molar-refractivity contribution in [2.75, 3.05) is 7.11 Å². The number of hydrogen-bond donors (Lipinski definition) is 0. The lowest BCUT2D eigenvalue weighted by Crippen LogP contribution is -2.13. The molecule has 16 heavy (non-hydrogen) atoms. The van der Waals surface area contributed by atoms with E-state index in [1.54, 1.807) is 6.08 Å². The Hall–Kier alpha value is -2.28. The molecule has 0 saturated carbocycles. The fraction of sp³-hybridized carbons (Fsp3) is 0.167. The van der Waals surface area contributed by atoms with E-state index < -0.39 is 12.3 Å². The Balaban J connectivity index is 2.61. The summed E-state index contributed by atoms with van der Waals surface area (Å²) in [6, 6.07) is 11.2. The number of ether oxygens (including phenoxy) is 2. The van der Waals surface area contributed by atoms with Crippen LogP contribution in [0.4, 0.5) is 4.79 Å².